The van der Waals surface area contributed by atoms with Gasteiger partial charge in [0, 0.05) is 36.7 Å². The van der Waals surface area contributed by atoms with Crippen molar-refractivity contribution in [3.8, 4) is 5.75 Å². The van der Waals surface area contributed by atoms with E-state index in [1.807, 2.05) is 19.0 Å². The summed E-state index contributed by atoms with van der Waals surface area (Å²) in [4.78, 5) is 37.0. The molecule has 6 unspecified atom stereocenters. The number of likely N-dealkylation sites (N-methyl/N-ethyl adjacent to an activating group) is 1. The highest BCUT2D eigenvalue weighted by Gasteiger charge is 2.58. The second kappa shape index (κ2) is 14.6. The van der Waals surface area contributed by atoms with Crippen LogP contribution in [0.25, 0.3) is 0 Å². The van der Waals surface area contributed by atoms with Crippen molar-refractivity contribution in [1.29, 1.82) is 0 Å². The van der Waals surface area contributed by atoms with Gasteiger partial charge < -0.3 is 19.1 Å². The summed E-state index contributed by atoms with van der Waals surface area (Å²) in [6.45, 7) is 7.18. The van der Waals surface area contributed by atoms with E-state index in [-0.39, 0.29) is 47.9 Å². The van der Waals surface area contributed by atoms with Gasteiger partial charge in [0.05, 0.1) is 0 Å². The number of halogens is 2. The number of ether oxygens (including phenoxy) is 3. The molecule has 0 radical (unpaired) electrons. The molecule has 7 nitrogen and oxygen atoms in total. The van der Waals surface area contributed by atoms with E-state index in [0.29, 0.717) is 47.5 Å². The van der Waals surface area contributed by atoms with E-state index in [1.165, 1.54) is 18.9 Å². The number of ketones is 1. The standard InChI is InChI=1S/C21H30O3.C12H16ClNO3.ClH/c1-13(22)24-15-8-10-20(2)14(12-15)4-5-16-17-6-7-19(23)21(17,3)11-9-18(16)20;1-14(2)7-8-16-12(15)9-17-11-5-3-10(13)4-6-11;/h4,15-18H,5-12H2,1-3H3;3-6H,7-9H2,1-2H3;1H. The Kier molecular flexibility index (Phi) is 11.9. The zero-order valence-electron chi connectivity index (χ0n) is 25.7. The first-order valence-electron chi connectivity index (χ1n) is 15.0. The van der Waals surface area contributed by atoms with Crippen molar-refractivity contribution in [3.63, 3.8) is 0 Å². The maximum Gasteiger partial charge on any atom is 0.344 e. The fourth-order valence-corrected chi connectivity index (χ4v) is 7.92. The van der Waals surface area contributed by atoms with Crippen LogP contribution in [0.15, 0.2) is 35.9 Å². The highest BCUT2D eigenvalue weighted by atomic mass is 35.5. The third kappa shape index (κ3) is 7.89. The number of hydrogen-bond acceptors (Lipinski definition) is 7. The third-order valence-corrected chi connectivity index (χ3v) is 10.3. The van der Waals surface area contributed by atoms with Crippen molar-refractivity contribution >= 4 is 41.7 Å². The minimum atomic E-state index is -0.373. The predicted octanol–water partition coefficient (Wildman–Crippen LogP) is 6.70. The second-order valence-corrected chi connectivity index (χ2v) is 13.4. The summed E-state index contributed by atoms with van der Waals surface area (Å²) in [6, 6.07) is 6.81. The number of fused-ring (bicyclic) bond motifs is 5. The minimum absolute atomic E-state index is 0. The van der Waals surface area contributed by atoms with E-state index >= 15 is 0 Å². The Morgan fingerprint density at radius 2 is 1.69 bits per heavy atom. The summed E-state index contributed by atoms with van der Waals surface area (Å²) in [5.74, 6) is 2.56. The number of hydrogen-bond donors (Lipinski definition) is 0. The van der Waals surface area contributed by atoms with Crippen LogP contribution in [-0.4, -0.2) is 62.6 Å². The van der Waals surface area contributed by atoms with Crippen LogP contribution >= 0.6 is 24.0 Å². The molecule has 42 heavy (non-hydrogen) atoms. The molecule has 6 atom stereocenters. The van der Waals surface area contributed by atoms with Crippen molar-refractivity contribution in [2.75, 3.05) is 33.9 Å². The molecule has 3 saturated carbocycles. The lowest BCUT2D eigenvalue weighted by Gasteiger charge is -2.56. The highest BCUT2D eigenvalue weighted by Crippen LogP contribution is 2.64. The van der Waals surface area contributed by atoms with Gasteiger partial charge in [-0.05, 0) is 100 Å². The fourth-order valence-electron chi connectivity index (χ4n) is 7.79. The molecule has 0 aliphatic heterocycles. The number of esters is 2. The SMILES string of the molecule is CC(=O)OC1CCC2(C)C(=CCC3C4CCC(=O)C4(C)CCC32)C1.CN(C)CCOC(=O)COc1ccc(Cl)cc1.Cl. The van der Waals surface area contributed by atoms with Gasteiger partial charge in [0.2, 0.25) is 0 Å². The lowest BCUT2D eigenvalue weighted by molar-refractivity contribution is -0.149. The number of rotatable bonds is 7. The average molecular weight is 625 g/mol. The van der Waals surface area contributed by atoms with Crippen molar-refractivity contribution in [2.45, 2.75) is 78.2 Å². The van der Waals surface area contributed by atoms with Crippen molar-refractivity contribution in [1.82, 2.24) is 4.90 Å². The summed E-state index contributed by atoms with van der Waals surface area (Å²) in [7, 11) is 3.83. The number of Topliss-reactive ketones (excluding diaryl/α,β-unsaturated/α-hetero) is 1. The summed E-state index contributed by atoms with van der Waals surface area (Å²) in [5, 5.41) is 0.630. The Morgan fingerprint density at radius 1 is 1.02 bits per heavy atom. The molecular formula is C33H47Cl2NO6. The smallest absolute Gasteiger partial charge is 0.344 e. The summed E-state index contributed by atoms with van der Waals surface area (Å²) in [6.07, 6.45) is 10.8. The highest BCUT2D eigenvalue weighted by molar-refractivity contribution is 6.30. The Balaban J connectivity index is 0.000000240. The Bertz CT molecular complexity index is 1140. The normalized spacial score (nSPS) is 31.2. The average Bonchev–Trinajstić information content (AvgIpc) is 3.22. The first kappa shape index (κ1) is 34.4. The second-order valence-electron chi connectivity index (χ2n) is 12.9. The van der Waals surface area contributed by atoms with E-state index in [0.717, 1.165) is 44.9 Å². The molecule has 0 bridgehead atoms. The summed E-state index contributed by atoms with van der Waals surface area (Å²) >= 11 is 5.72. The van der Waals surface area contributed by atoms with Crippen LogP contribution in [0.5, 0.6) is 5.75 Å². The molecule has 234 valence electrons. The summed E-state index contributed by atoms with van der Waals surface area (Å²) < 4.78 is 15.7. The molecule has 3 fully saturated rings. The van der Waals surface area contributed by atoms with E-state index in [4.69, 9.17) is 25.8 Å². The van der Waals surface area contributed by atoms with Crippen LogP contribution in [0.3, 0.4) is 0 Å². The van der Waals surface area contributed by atoms with Crippen molar-refractivity contribution < 1.29 is 28.6 Å². The zero-order chi connectivity index (χ0) is 29.8. The van der Waals surface area contributed by atoms with Gasteiger partial charge in [-0.25, -0.2) is 4.79 Å². The lowest BCUT2D eigenvalue weighted by Crippen LogP contribution is -2.50. The van der Waals surface area contributed by atoms with Crippen LogP contribution in [0.1, 0.15) is 72.1 Å². The quantitative estimate of drug-likeness (QED) is 0.247. The molecule has 0 spiro atoms. The fraction of sp³-hybridized carbons (Fsp3) is 0.667. The van der Waals surface area contributed by atoms with Crippen molar-refractivity contribution in [2.24, 2.45) is 28.6 Å². The molecule has 0 aromatic heterocycles. The molecule has 5 rings (SSSR count). The van der Waals surface area contributed by atoms with Gasteiger partial charge in [-0.2, -0.15) is 0 Å². The predicted molar refractivity (Wildman–Crippen MR) is 166 cm³/mol. The molecule has 0 saturated heterocycles. The van der Waals surface area contributed by atoms with Gasteiger partial charge in [-0.1, -0.05) is 37.1 Å². The molecule has 0 heterocycles. The molecule has 1 aromatic rings. The van der Waals surface area contributed by atoms with Crippen LogP contribution in [-0.2, 0) is 23.9 Å². The topological polar surface area (TPSA) is 82.1 Å². The monoisotopic (exact) mass is 623 g/mol. The van der Waals surface area contributed by atoms with Gasteiger partial charge in [0.25, 0.3) is 0 Å². The first-order chi connectivity index (χ1) is 19.4. The van der Waals surface area contributed by atoms with Gasteiger partial charge >= 0.3 is 11.9 Å². The third-order valence-electron chi connectivity index (χ3n) is 10.1. The molecule has 0 amide bonds. The minimum Gasteiger partial charge on any atom is -0.482 e. The van der Waals surface area contributed by atoms with E-state index < -0.39 is 0 Å². The van der Waals surface area contributed by atoms with Crippen LogP contribution in [0.2, 0.25) is 5.02 Å². The van der Waals surface area contributed by atoms with Crippen LogP contribution < -0.4 is 4.74 Å². The van der Waals surface area contributed by atoms with Crippen LogP contribution in [0.4, 0.5) is 0 Å². The molecule has 4 aliphatic carbocycles. The molecular weight excluding hydrogens is 577 g/mol. The number of carbonyl (C=O) groups excluding carboxylic acids is 3. The van der Waals surface area contributed by atoms with Crippen LogP contribution in [0, 0.1) is 28.6 Å². The van der Waals surface area contributed by atoms with Gasteiger partial charge in [0.1, 0.15) is 24.2 Å². The van der Waals surface area contributed by atoms with E-state index in [2.05, 4.69) is 19.9 Å². The lowest BCUT2D eigenvalue weighted by atomic mass is 9.48. The Hall–Kier alpha value is -2.09. The number of allylic oxidation sites excluding steroid dienone is 1. The molecule has 0 N–H and O–H groups in total. The zero-order valence-corrected chi connectivity index (χ0v) is 27.2. The maximum atomic E-state index is 12.4. The maximum absolute atomic E-state index is 12.4. The molecule has 9 heteroatoms. The Labute approximate surface area is 262 Å². The Morgan fingerprint density at radius 3 is 2.36 bits per heavy atom. The molecule has 4 aliphatic rings. The first-order valence-corrected chi connectivity index (χ1v) is 15.4. The van der Waals surface area contributed by atoms with E-state index in [1.54, 1.807) is 24.3 Å². The number of carbonyl (C=O) groups is 3. The van der Waals surface area contributed by atoms with Gasteiger partial charge in [-0.3, -0.25) is 9.59 Å². The van der Waals surface area contributed by atoms with E-state index in [9.17, 15) is 14.4 Å². The largest absolute Gasteiger partial charge is 0.482 e. The van der Waals surface area contributed by atoms with Gasteiger partial charge in [-0.15, -0.1) is 12.4 Å². The number of benzene rings is 1. The number of nitrogens with zero attached hydrogens (tertiary/aromatic N) is 1. The molecule has 1 aromatic carbocycles. The van der Waals surface area contributed by atoms with Gasteiger partial charge in [0.15, 0.2) is 6.61 Å². The van der Waals surface area contributed by atoms with Crippen molar-refractivity contribution in [3.05, 3.63) is 40.9 Å². The summed E-state index contributed by atoms with van der Waals surface area (Å²) in [5.41, 5.74) is 1.74.